The Morgan fingerprint density at radius 1 is 1.00 bits per heavy atom. The molecule has 28 heavy (non-hydrogen) atoms. The van der Waals surface area contributed by atoms with Crippen molar-refractivity contribution in [3.05, 3.63) is 92.2 Å². The van der Waals surface area contributed by atoms with Gasteiger partial charge >= 0.3 is 0 Å². The largest absolute Gasteiger partial charge is 0.438 e. The topological polar surface area (TPSA) is 27.1 Å². The van der Waals surface area contributed by atoms with Crippen LogP contribution < -0.4 is 4.74 Å². The summed E-state index contributed by atoms with van der Waals surface area (Å²) in [5.41, 5.74) is 3.03. The highest BCUT2D eigenvalue weighted by Crippen LogP contribution is 2.34. The Morgan fingerprint density at radius 3 is 2.39 bits per heavy atom. The van der Waals surface area contributed by atoms with Crippen LogP contribution in [-0.2, 0) is 12.8 Å². The van der Waals surface area contributed by atoms with E-state index in [9.17, 15) is 0 Å². The second-order valence-corrected chi connectivity index (χ2v) is 8.20. The molecular formula is C22H18Cl2N2OS. The zero-order valence-electron chi connectivity index (χ0n) is 15.2. The molecule has 0 amide bonds. The Hall–Kier alpha value is -2.27. The van der Waals surface area contributed by atoms with E-state index in [1.165, 1.54) is 4.88 Å². The van der Waals surface area contributed by atoms with E-state index >= 15 is 0 Å². The van der Waals surface area contributed by atoms with Gasteiger partial charge in [-0.25, -0.2) is 4.68 Å². The summed E-state index contributed by atoms with van der Waals surface area (Å²) in [6.45, 7) is 2.11. The van der Waals surface area contributed by atoms with E-state index in [4.69, 9.17) is 33.0 Å². The minimum atomic E-state index is 0.533. The molecule has 4 rings (SSSR count). The quantitative estimate of drug-likeness (QED) is 0.324. The van der Waals surface area contributed by atoms with Gasteiger partial charge in [0.15, 0.2) is 0 Å². The summed E-state index contributed by atoms with van der Waals surface area (Å²) < 4.78 is 8.14. The molecule has 0 aliphatic rings. The molecule has 3 nitrogen and oxygen atoms in total. The third-order valence-electron chi connectivity index (χ3n) is 4.35. The molecule has 0 bridgehead atoms. The smallest absolute Gasteiger partial charge is 0.226 e. The first-order valence-corrected chi connectivity index (χ1v) is 10.6. The van der Waals surface area contributed by atoms with Crippen molar-refractivity contribution in [3.8, 4) is 17.3 Å². The highest BCUT2D eigenvalue weighted by molar-refractivity contribution is 7.09. The highest BCUT2D eigenvalue weighted by atomic mass is 35.5. The lowest BCUT2D eigenvalue weighted by Gasteiger charge is -2.11. The molecule has 2 aromatic heterocycles. The predicted molar refractivity (Wildman–Crippen MR) is 117 cm³/mol. The predicted octanol–water partition coefficient (Wildman–Crippen LogP) is 7.19. The summed E-state index contributed by atoms with van der Waals surface area (Å²) in [5, 5.41) is 8.05. The number of aromatic nitrogens is 2. The van der Waals surface area contributed by atoms with Gasteiger partial charge in [0.2, 0.25) is 5.88 Å². The molecule has 0 radical (unpaired) electrons. The lowest BCUT2D eigenvalue weighted by Crippen LogP contribution is -2.00. The first kappa shape index (κ1) is 19.1. The fourth-order valence-electron chi connectivity index (χ4n) is 3.10. The lowest BCUT2D eigenvalue weighted by atomic mass is 10.1. The van der Waals surface area contributed by atoms with Gasteiger partial charge in [-0.3, -0.25) is 0 Å². The van der Waals surface area contributed by atoms with Crippen LogP contribution in [0.5, 0.6) is 11.6 Å². The monoisotopic (exact) mass is 428 g/mol. The molecule has 2 heterocycles. The van der Waals surface area contributed by atoms with E-state index in [2.05, 4.69) is 24.4 Å². The van der Waals surface area contributed by atoms with Crippen LogP contribution >= 0.6 is 34.5 Å². The van der Waals surface area contributed by atoms with Crippen LogP contribution in [-0.4, -0.2) is 9.78 Å². The summed E-state index contributed by atoms with van der Waals surface area (Å²) in [6, 6.07) is 19.4. The van der Waals surface area contributed by atoms with Gasteiger partial charge in [0.05, 0.1) is 11.4 Å². The average molecular weight is 429 g/mol. The molecule has 0 saturated carbocycles. The minimum absolute atomic E-state index is 0.533. The van der Waals surface area contributed by atoms with Crippen LogP contribution in [0.2, 0.25) is 10.0 Å². The van der Waals surface area contributed by atoms with E-state index in [-0.39, 0.29) is 0 Å². The Balaban J connectivity index is 1.82. The van der Waals surface area contributed by atoms with Gasteiger partial charge in [-0.15, -0.1) is 11.3 Å². The highest BCUT2D eigenvalue weighted by Gasteiger charge is 2.20. The van der Waals surface area contributed by atoms with Gasteiger partial charge in [0, 0.05) is 26.9 Å². The molecule has 6 heteroatoms. The SMILES string of the molecule is CCc1c(Cc2cccs2)nn(-c2ccccc2)c1Oc1cc(Cl)cc(Cl)c1. The van der Waals surface area contributed by atoms with Gasteiger partial charge in [-0.05, 0) is 48.2 Å². The number of hydrogen-bond acceptors (Lipinski definition) is 3. The van der Waals surface area contributed by atoms with E-state index in [1.807, 2.05) is 35.0 Å². The molecule has 0 atom stereocenters. The average Bonchev–Trinajstić information content (AvgIpc) is 3.30. The standard InChI is InChI=1S/C22H18Cl2N2OS/c1-2-20-21(14-19-9-6-10-28-19)25-26(17-7-4-3-5-8-17)22(20)27-18-12-15(23)11-16(24)13-18/h3-13H,2,14H2,1H3. The van der Waals surface area contributed by atoms with E-state index < -0.39 is 0 Å². The molecular weight excluding hydrogens is 411 g/mol. The molecule has 0 spiro atoms. The van der Waals surface area contributed by atoms with Crippen LogP contribution in [0.4, 0.5) is 0 Å². The van der Waals surface area contributed by atoms with E-state index in [1.54, 1.807) is 29.5 Å². The molecule has 2 aromatic carbocycles. The zero-order chi connectivity index (χ0) is 19.5. The summed E-state index contributed by atoms with van der Waals surface area (Å²) in [4.78, 5) is 1.27. The van der Waals surface area contributed by atoms with E-state index in [0.29, 0.717) is 21.7 Å². The maximum atomic E-state index is 6.28. The Labute approximate surface area is 178 Å². The maximum Gasteiger partial charge on any atom is 0.226 e. The van der Waals surface area contributed by atoms with Gasteiger partial charge in [-0.1, -0.05) is 54.4 Å². The minimum Gasteiger partial charge on any atom is -0.438 e. The van der Waals surface area contributed by atoms with Gasteiger partial charge in [0.25, 0.3) is 0 Å². The Morgan fingerprint density at radius 2 is 1.75 bits per heavy atom. The van der Waals surface area contributed by atoms with Crippen molar-refractivity contribution in [2.75, 3.05) is 0 Å². The van der Waals surface area contributed by atoms with Crippen molar-refractivity contribution in [2.45, 2.75) is 19.8 Å². The maximum absolute atomic E-state index is 6.28. The molecule has 0 N–H and O–H groups in total. The van der Waals surface area contributed by atoms with Crippen molar-refractivity contribution in [1.29, 1.82) is 0 Å². The van der Waals surface area contributed by atoms with E-state index in [0.717, 1.165) is 29.8 Å². The molecule has 0 aliphatic heterocycles. The first-order valence-electron chi connectivity index (χ1n) is 8.96. The Kier molecular flexibility index (Phi) is 5.72. The number of ether oxygens (including phenoxy) is 1. The third-order valence-corrected chi connectivity index (χ3v) is 5.66. The number of benzene rings is 2. The fraction of sp³-hybridized carbons (Fsp3) is 0.136. The third kappa shape index (κ3) is 4.09. The Bertz CT molecular complexity index is 1060. The van der Waals surface area contributed by atoms with Crippen LogP contribution in [0.15, 0.2) is 66.0 Å². The second-order valence-electron chi connectivity index (χ2n) is 6.29. The number of rotatable bonds is 6. The number of halogens is 2. The van der Waals surface area contributed by atoms with Gasteiger partial charge in [0.1, 0.15) is 5.75 Å². The number of hydrogen-bond donors (Lipinski definition) is 0. The molecule has 0 saturated heterocycles. The summed E-state index contributed by atoms with van der Waals surface area (Å²) >= 11 is 14.1. The van der Waals surface area contributed by atoms with Crippen LogP contribution in [0.1, 0.15) is 23.1 Å². The van der Waals surface area contributed by atoms with Gasteiger partial charge < -0.3 is 4.74 Å². The second kappa shape index (κ2) is 8.39. The molecule has 0 aliphatic carbocycles. The normalized spacial score (nSPS) is 11.0. The number of thiophene rings is 1. The molecule has 4 aromatic rings. The van der Waals surface area contributed by atoms with Crippen LogP contribution in [0.3, 0.4) is 0 Å². The van der Waals surface area contributed by atoms with Crippen molar-refractivity contribution in [2.24, 2.45) is 0 Å². The van der Waals surface area contributed by atoms with Crippen LogP contribution in [0, 0.1) is 0 Å². The van der Waals surface area contributed by atoms with Crippen molar-refractivity contribution < 1.29 is 4.74 Å². The summed E-state index contributed by atoms with van der Waals surface area (Å²) in [6.07, 6.45) is 1.57. The van der Waals surface area contributed by atoms with Crippen molar-refractivity contribution in [3.63, 3.8) is 0 Å². The lowest BCUT2D eigenvalue weighted by molar-refractivity contribution is 0.440. The summed E-state index contributed by atoms with van der Waals surface area (Å²) in [7, 11) is 0. The number of para-hydroxylation sites is 1. The van der Waals surface area contributed by atoms with Crippen LogP contribution in [0.25, 0.3) is 5.69 Å². The molecule has 0 fully saturated rings. The summed E-state index contributed by atoms with van der Waals surface area (Å²) in [5.74, 6) is 1.28. The van der Waals surface area contributed by atoms with Gasteiger partial charge in [-0.2, -0.15) is 5.10 Å². The van der Waals surface area contributed by atoms with Crippen molar-refractivity contribution in [1.82, 2.24) is 9.78 Å². The molecule has 142 valence electrons. The first-order chi connectivity index (χ1) is 13.6. The van der Waals surface area contributed by atoms with Crippen molar-refractivity contribution >= 4 is 34.5 Å². The fourth-order valence-corrected chi connectivity index (χ4v) is 4.32. The number of nitrogens with zero attached hydrogens (tertiary/aromatic N) is 2. The molecule has 0 unspecified atom stereocenters. The zero-order valence-corrected chi connectivity index (χ0v) is 17.6.